The third kappa shape index (κ3) is 5.79. The molecule has 30 heavy (non-hydrogen) atoms. The fourth-order valence-corrected chi connectivity index (χ4v) is 3.19. The number of nitrogens with one attached hydrogen (secondary N) is 1. The molecule has 6 nitrogen and oxygen atoms in total. The largest absolute Gasteiger partial charge is 0.416 e. The summed E-state index contributed by atoms with van der Waals surface area (Å²) >= 11 is 0. The van der Waals surface area contributed by atoms with Gasteiger partial charge in [-0.15, -0.1) is 0 Å². The molecule has 0 bridgehead atoms. The number of amides is 2. The molecule has 9 heteroatoms. The van der Waals surface area contributed by atoms with Crippen molar-refractivity contribution < 1.29 is 27.5 Å². The highest BCUT2D eigenvalue weighted by Crippen LogP contribution is 2.30. The lowest BCUT2D eigenvalue weighted by Crippen LogP contribution is -2.46. The van der Waals surface area contributed by atoms with Crippen molar-refractivity contribution >= 4 is 11.8 Å². The maximum absolute atomic E-state index is 12.9. The Morgan fingerprint density at radius 2 is 2.03 bits per heavy atom. The maximum Gasteiger partial charge on any atom is 0.416 e. The van der Waals surface area contributed by atoms with Crippen LogP contribution in [0.15, 0.2) is 42.6 Å². The van der Waals surface area contributed by atoms with Crippen LogP contribution in [0.4, 0.5) is 13.2 Å². The number of carbonyl (C=O) groups is 2. The van der Waals surface area contributed by atoms with Crippen molar-refractivity contribution in [3.63, 3.8) is 0 Å². The number of nitrogens with zero attached hydrogens (tertiary/aromatic N) is 2. The lowest BCUT2D eigenvalue weighted by atomic mass is 10.0. The van der Waals surface area contributed by atoms with Crippen molar-refractivity contribution in [1.29, 1.82) is 0 Å². The van der Waals surface area contributed by atoms with E-state index in [9.17, 15) is 22.8 Å². The van der Waals surface area contributed by atoms with E-state index >= 15 is 0 Å². The predicted octanol–water partition coefficient (Wildman–Crippen LogP) is 2.73. The van der Waals surface area contributed by atoms with E-state index in [1.807, 2.05) is 0 Å². The van der Waals surface area contributed by atoms with Crippen LogP contribution in [-0.2, 0) is 26.9 Å². The van der Waals surface area contributed by atoms with E-state index in [1.54, 1.807) is 29.3 Å². The van der Waals surface area contributed by atoms with Crippen LogP contribution >= 0.6 is 0 Å². The SMILES string of the molecule is CC(=O)NCC(=O)N1CCO[C@@H](c2ccc(Cc3cccc(C(F)(F)F)c3)cn2)C1. The zero-order valence-corrected chi connectivity index (χ0v) is 16.4. The van der Waals surface area contributed by atoms with Gasteiger partial charge in [0, 0.05) is 19.7 Å². The molecule has 0 unspecified atom stereocenters. The van der Waals surface area contributed by atoms with Crippen LogP contribution < -0.4 is 5.32 Å². The minimum absolute atomic E-state index is 0.0641. The molecule has 0 radical (unpaired) electrons. The third-order valence-electron chi connectivity index (χ3n) is 4.75. The second-order valence-electron chi connectivity index (χ2n) is 7.08. The van der Waals surface area contributed by atoms with E-state index < -0.39 is 17.8 Å². The highest BCUT2D eigenvalue weighted by Gasteiger charge is 2.30. The molecule has 1 aliphatic heterocycles. The van der Waals surface area contributed by atoms with Crippen molar-refractivity contribution in [3.8, 4) is 0 Å². The smallest absolute Gasteiger partial charge is 0.368 e. The van der Waals surface area contributed by atoms with E-state index in [4.69, 9.17) is 4.74 Å². The van der Waals surface area contributed by atoms with E-state index in [2.05, 4.69) is 10.3 Å². The predicted molar refractivity (Wildman–Crippen MR) is 102 cm³/mol. The minimum Gasteiger partial charge on any atom is -0.368 e. The number of morpholine rings is 1. The molecule has 1 atom stereocenters. The molecule has 1 saturated heterocycles. The van der Waals surface area contributed by atoms with Gasteiger partial charge in [-0.1, -0.05) is 24.3 Å². The molecule has 1 fully saturated rings. The molecule has 160 valence electrons. The first-order valence-electron chi connectivity index (χ1n) is 9.47. The fourth-order valence-electron chi connectivity index (χ4n) is 3.19. The quantitative estimate of drug-likeness (QED) is 0.806. The van der Waals surface area contributed by atoms with Crippen LogP contribution in [0.1, 0.15) is 35.4 Å². The van der Waals surface area contributed by atoms with Gasteiger partial charge in [-0.05, 0) is 29.7 Å². The van der Waals surface area contributed by atoms with Gasteiger partial charge in [0.05, 0.1) is 31.0 Å². The highest BCUT2D eigenvalue weighted by atomic mass is 19.4. The van der Waals surface area contributed by atoms with E-state index in [0.29, 0.717) is 37.4 Å². The molecule has 0 saturated carbocycles. The Hall–Kier alpha value is -2.94. The number of hydrogen-bond donors (Lipinski definition) is 1. The number of ether oxygens (including phenoxy) is 1. The number of pyridine rings is 1. The van der Waals surface area contributed by atoms with Crippen molar-refractivity contribution in [2.75, 3.05) is 26.2 Å². The summed E-state index contributed by atoms with van der Waals surface area (Å²) in [7, 11) is 0. The Labute approximate surface area is 172 Å². The van der Waals surface area contributed by atoms with Gasteiger partial charge in [0.15, 0.2) is 0 Å². The van der Waals surface area contributed by atoms with E-state index in [0.717, 1.165) is 17.7 Å². The number of carbonyl (C=O) groups excluding carboxylic acids is 2. The Bertz CT molecular complexity index is 900. The van der Waals surface area contributed by atoms with Gasteiger partial charge < -0.3 is 15.0 Å². The third-order valence-corrected chi connectivity index (χ3v) is 4.75. The minimum atomic E-state index is -4.38. The topological polar surface area (TPSA) is 71.5 Å². The highest BCUT2D eigenvalue weighted by molar-refractivity contribution is 5.83. The van der Waals surface area contributed by atoms with Crippen LogP contribution in [0, 0.1) is 0 Å². The molecule has 1 aromatic heterocycles. The Balaban J connectivity index is 1.63. The number of hydrogen-bond acceptors (Lipinski definition) is 4. The Kier molecular flexibility index (Phi) is 6.71. The summed E-state index contributed by atoms with van der Waals surface area (Å²) in [5.41, 5.74) is 1.28. The molecule has 2 amide bonds. The number of alkyl halides is 3. The van der Waals surface area contributed by atoms with Crippen molar-refractivity contribution in [3.05, 3.63) is 65.0 Å². The molecular formula is C21H22F3N3O3. The first-order chi connectivity index (χ1) is 14.2. The molecule has 1 N–H and O–H groups in total. The van der Waals surface area contributed by atoms with Crippen LogP contribution in [0.25, 0.3) is 0 Å². The molecule has 1 aliphatic rings. The van der Waals surface area contributed by atoms with Crippen LogP contribution in [0.5, 0.6) is 0 Å². The number of aromatic nitrogens is 1. The van der Waals surface area contributed by atoms with Crippen molar-refractivity contribution in [2.24, 2.45) is 0 Å². The summed E-state index contributed by atoms with van der Waals surface area (Å²) in [6.45, 7) is 2.39. The lowest BCUT2D eigenvalue weighted by Gasteiger charge is -2.32. The standard InChI is InChI=1S/C21H22F3N3O3/c1-14(28)25-12-20(29)27-7-8-30-19(13-27)18-6-5-16(11-26-18)9-15-3-2-4-17(10-15)21(22,23)24/h2-6,10-11,19H,7-9,12-13H2,1H3,(H,25,28)/t19-/m1/s1. The summed E-state index contributed by atoms with van der Waals surface area (Å²) < 4.78 is 44.3. The van der Waals surface area contributed by atoms with Gasteiger partial charge in [0.25, 0.3) is 0 Å². The van der Waals surface area contributed by atoms with Gasteiger partial charge in [-0.3, -0.25) is 14.6 Å². The first kappa shape index (κ1) is 21.8. The lowest BCUT2D eigenvalue weighted by molar-refractivity contribution is -0.139. The monoisotopic (exact) mass is 421 g/mol. The maximum atomic E-state index is 12.9. The van der Waals surface area contributed by atoms with E-state index in [1.165, 1.54) is 13.0 Å². The zero-order valence-electron chi connectivity index (χ0n) is 16.4. The molecule has 0 aliphatic carbocycles. The Morgan fingerprint density at radius 1 is 1.23 bits per heavy atom. The van der Waals surface area contributed by atoms with Gasteiger partial charge in [-0.2, -0.15) is 13.2 Å². The van der Waals surface area contributed by atoms with Gasteiger partial charge in [0.2, 0.25) is 11.8 Å². The fraction of sp³-hybridized carbons (Fsp3) is 0.381. The molecule has 2 heterocycles. The second kappa shape index (κ2) is 9.25. The number of benzene rings is 1. The summed E-state index contributed by atoms with van der Waals surface area (Å²) in [5, 5.41) is 2.48. The van der Waals surface area contributed by atoms with Gasteiger partial charge in [0.1, 0.15) is 6.10 Å². The van der Waals surface area contributed by atoms with Gasteiger partial charge >= 0.3 is 6.18 Å². The normalized spacial score (nSPS) is 16.9. The molecular weight excluding hydrogens is 399 g/mol. The van der Waals surface area contributed by atoms with Crippen LogP contribution in [0.3, 0.4) is 0 Å². The summed E-state index contributed by atoms with van der Waals surface area (Å²) in [6, 6.07) is 8.77. The Morgan fingerprint density at radius 3 is 2.70 bits per heavy atom. The second-order valence-corrected chi connectivity index (χ2v) is 7.08. The summed E-state index contributed by atoms with van der Waals surface area (Å²) in [5.74, 6) is -0.467. The zero-order chi connectivity index (χ0) is 21.7. The molecule has 3 rings (SSSR count). The number of rotatable bonds is 5. The van der Waals surface area contributed by atoms with E-state index in [-0.39, 0.29) is 18.4 Å². The first-order valence-corrected chi connectivity index (χ1v) is 9.47. The van der Waals surface area contributed by atoms with Crippen LogP contribution in [0.2, 0.25) is 0 Å². The average molecular weight is 421 g/mol. The summed E-state index contributed by atoms with van der Waals surface area (Å²) in [4.78, 5) is 29.2. The van der Waals surface area contributed by atoms with Gasteiger partial charge in [-0.25, -0.2) is 0 Å². The molecule has 1 aromatic carbocycles. The van der Waals surface area contributed by atoms with Crippen LogP contribution in [-0.4, -0.2) is 47.9 Å². The molecule has 2 aromatic rings. The number of halogens is 3. The molecule has 0 spiro atoms. The van der Waals surface area contributed by atoms with Crippen molar-refractivity contribution in [2.45, 2.75) is 25.6 Å². The summed E-state index contributed by atoms with van der Waals surface area (Å²) in [6.07, 6.45) is -2.84. The van der Waals surface area contributed by atoms with Crippen molar-refractivity contribution in [1.82, 2.24) is 15.2 Å². The average Bonchev–Trinajstić information content (AvgIpc) is 2.72.